The smallest absolute Gasteiger partial charge is 0.310 e. The third-order valence-electron chi connectivity index (χ3n) is 8.51. The number of ether oxygens (including phenoxy) is 8. The van der Waals surface area contributed by atoms with E-state index in [0.717, 1.165) is 0 Å². The molecule has 1 aromatic rings. The summed E-state index contributed by atoms with van der Waals surface area (Å²) in [7, 11) is 1.29. The van der Waals surface area contributed by atoms with Crippen molar-refractivity contribution in [1.29, 1.82) is 0 Å². The Morgan fingerprint density at radius 3 is 2.44 bits per heavy atom. The van der Waals surface area contributed by atoms with Crippen LogP contribution in [0.3, 0.4) is 0 Å². The van der Waals surface area contributed by atoms with Crippen LogP contribution in [0.1, 0.15) is 30.1 Å². The molecule has 3 fully saturated rings. The van der Waals surface area contributed by atoms with Crippen molar-refractivity contribution >= 4 is 17.5 Å². The lowest BCUT2D eigenvalue weighted by atomic mass is 9.65. The van der Waals surface area contributed by atoms with Crippen LogP contribution in [0.2, 0.25) is 0 Å². The number of carbonyl (C=O) groups is 3. The van der Waals surface area contributed by atoms with E-state index >= 15 is 0 Å². The van der Waals surface area contributed by atoms with E-state index in [1.807, 2.05) is 0 Å². The fourth-order valence-electron chi connectivity index (χ4n) is 6.57. The van der Waals surface area contributed by atoms with E-state index in [9.17, 15) is 24.6 Å². The van der Waals surface area contributed by atoms with Gasteiger partial charge in [-0.15, -0.1) is 0 Å². The molecule has 0 unspecified atom stereocenters. The number of carbonyl (C=O) groups excluding carboxylic acids is 3. The monoisotopic (exact) mass is 572 g/mol. The van der Waals surface area contributed by atoms with Crippen LogP contribution < -0.4 is 9.47 Å². The highest BCUT2D eigenvalue weighted by atomic mass is 16.8. The lowest BCUT2D eigenvalue weighted by molar-refractivity contribution is -0.364. The van der Waals surface area contributed by atoms with E-state index in [-0.39, 0.29) is 25.8 Å². The van der Waals surface area contributed by atoms with Gasteiger partial charge in [0.25, 0.3) is 5.78 Å². The third kappa shape index (κ3) is 4.18. The number of aliphatic hydroxyl groups is 2. The van der Waals surface area contributed by atoms with Gasteiger partial charge < -0.3 is 48.1 Å². The van der Waals surface area contributed by atoms with Crippen molar-refractivity contribution in [2.45, 2.75) is 55.9 Å². The molecule has 0 spiro atoms. The summed E-state index contributed by atoms with van der Waals surface area (Å²) < 4.78 is 45.5. The van der Waals surface area contributed by atoms with Gasteiger partial charge in [0.2, 0.25) is 12.6 Å². The van der Waals surface area contributed by atoms with Crippen molar-refractivity contribution in [2.24, 2.45) is 11.8 Å². The second-order valence-corrected chi connectivity index (χ2v) is 10.8. The molecule has 1 aromatic carbocycles. The summed E-state index contributed by atoms with van der Waals surface area (Å²) in [5, 5.41) is 21.8. The summed E-state index contributed by atoms with van der Waals surface area (Å²) in [5.74, 6) is -3.43. The Bertz CT molecular complexity index is 1360. The molecule has 4 heterocycles. The first-order valence-corrected chi connectivity index (χ1v) is 13.3. The third-order valence-corrected chi connectivity index (χ3v) is 8.51. The molecule has 0 amide bonds. The molecule has 0 bridgehead atoms. The van der Waals surface area contributed by atoms with Crippen LogP contribution in [-0.2, 0) is 42.8 Å². The maximum absolute atomic E-state index is 13.3. The molecule has 0 saturated carbocycles. The van der Waals surface area contributed by atoms with Crippen LogP contribution in [0.15, 0.2) is 35.6 Å². The Morgan fingerprint density at radius 2 is 1.68 bits per heavy atom. The van der Waals surface area contributed by atoms with E-state index in [0.29, 0.717) is 28.2 Å². The second-order valence-electron chi connectivity index (χ2n) is 10.8. The molecule has 6 aliphatic rings. The van der Waals surface area contributed by atoms with E-state index in [2.05, 4.69) is 0 Å². The summed E-state index contributed by atoms with van der Waals surface area (Å²) in [5.41, 5.74) is 1.58. The van der Waals surface area contributed by atoms with Crippen LogP contribution in [0, 0.1) is 11.8 Å². The van der Waals surface area contributed by atoms with E-state index < -0.39 is 78.4 Å². The summed E-state index contributed by atoms with van der Waals surface area (Å²) in [6, 6.07) is 3.45. The van der Waals surface area contributed by atoms with Gasteiger partial charge in [0.05, 0.1) is 32.3 Å². The van der Waals surface area contributed by atoms with Gasteiger partial charge in [-0.1, -0.05) is 0 Å². The number of esters is 1. The normalized spacial score (nSPS) is 39.3. The number of cyclic esters (lactones) is 1. The Kier molecular flexibility index (Phi) is 6.41. The minimum atomic E-state index is -1.47. The van der Waals surface area contributed by atoms with E-state index in [1.165, 1.54) is 19.3 Å². The minimum Gasteiger partial charge on any atom is -0.492 e. The van der Waals surface area contributed by atoms with Gasteiger partial charge in [0.15, 0.2) is 29.8 Å². The summed E-state index contributed by atoms with van der Waals surface area (Å²) in [6.45, 7) is 1.79. The Hall–Kier alpha value is -3.33. The van der Waals surface area contributed by atoms with Crippen molar-refractivity contribution in [3.8, 4) is 11.5 Å². The first-order valence-electron chi connectivity index (χ1n) is 13.3. The zero-order valence-corrected chi connectivity index (χ0v) is 22.1. The number of ketones is 2. The zero-order chi connectivity index (χ0) is 28.6. The topological polar surface area (TPSA) is 166 Å². The predicted octanol–water partition coefficient (Wildman–Crippen LogP) is 0.176. The molecule has 3 saturated heterocycles. The largest absolute Gasteiger partial charge is 0.492 e. The van der Waals surface area contributed by atoms with E-state index in [1.54, 1.807) is 19.1 Å². The Labute approximate surface area is 233 Å². The number of aliphatic hydroxyl groups excluding tert-OH is 2. The van der Waals surface area contributed by atoms with Crippen LogP contribution >= 0.6 is 0 Å². The first kappa shape index (κ1) is 26.6. The fourth-order valence-corrected chi connectivity index (χ4v) is 6.57. The van der Waals surface area contributed by atoms with Crippen molar-refractivity contribution in [3.63, 3.8) is 0 Å². The molecule has 13 nitrogen and oxygen atoms in total. The summed E-state index contributed by atoms with van der Waals surface area (Å²) >= 11 is 0. The van der Waals surface area contributed by atoms with Crippen molar-refractivity contribution in [1.82, 2.24) is 0 Å². The summed E-state index contributed by atoms with van der Waals surface area (Å²) in [6.07, 6.45) is -4.35. The molecule has 2 aliphatic carbocycles. The van der Waals surface area contributed by atoms with Crippen LogP contribution in [-0.4, -0.2) is 91.9 Å². The number of hydrogen-bond acceptors (Lipinski definition) is 13. The average molecular weight is 573 g/mol. The van der Waals surface area contributed by atoms with Gasteiger partial charge in [0, 0.05) is 11.8 Å². The van der Waals surface area contributed by atoms with Gasteiger partial charge in [-0.2, -0.15) is 0 Å². The molecule has 10 atom stereocenters. The maximum atomic E-state index is 13.3. The minimum absolute atomic E-state index is 0.00907. The highest BCUT2D eigenvalue weighted by Gasteiger charge is 2.56. The molecule has 41 heavy (non-hydrogen) atoms. The molecular weight excluding hydrogens is 544 g/mol. The van der Waals surface area contributed by atoms with Crippen molar-refractivity contribution in [3.05, 3.63) is 46.7 Å². The van der Waals surface area contributed by atoms with E-state index in [4.69, 9.17) is 37.9 Å². The van der Waals surface area contributed by atoms with Crippen LogP contribution in [0.4, 0.5) is 0 Å². The van der Waals surface area contributed by atoms with Crippen LogP contribution in [0.5, 0.6) is 11.5 Å². The molecular formula is C28H28O13. The molecule has 2 N–H and O–H groups in total. The number of allylic oxidation sites excluding steroid dienone is 4. The van der Waals surface area contributed by atoms with Crippen LogP contribution in [0.25, 0.3) is 0 Å². The Morgan fingerprint density at radius 1 is 0.927 bits per heavy atom. The number of hydrogen-bond donors (Lipinski definition) is 2. The lowest BCUT2D eigenvalue weighted by Crippen LogP contribution is -2.63. The average Bonchev–Trinajstić information content (AvgIpc) is 3.58. The number of Topliss-reactive ketones (excluding diaryl/α,β-unsaturated/α-hetero) is 1. The highest BCUT2D eigenvalue weighted by Crippen LogP contribution is 2.56. The number of methoxy groups -OCH3 is 1. The lowest BCUT2D eigenvalue weighted by Gasteiger charge is -2.47. The molecule has 7 rings (SSSR count). The van der Waals surface area contributed by atoms with Gasteiger partial charge in [-0.3, -0.25) is 14.4 Å². The molecule has 0 aromatic heterocycles. The maximum Gasteiger partial charge on any atom is 0.310 e. The molecule has 4 aliphatic heterocycles. The highest BCUT2D eigenvalue weighted by molar-refractivity contribution is 6.47. The van der Waals surface area contributed by atoms with Crippen molar-refractivity contribution in [2.75, 3.05) is 27.1 Å². The first-order chi connectivity index (χ1) is 19.7. The van der Waals surface area contributed by atoms with Crippen molar-refractivity contribution < 1.29 is 62.5 Å². The second kappa shape index (κ2) is 9.89. The van der Waals surface area contributed by atoms with Gasteiger partial charge in [0.1, 0.15) is 24.4 Å². The molecule has 218 valence electrons. The number of benzene rings is 1. The zero-order valence-electron chi connectivity index (χ0n) is 22.1. The molecule has 13 heteroatoms. The predicted molar refractivity (Wildman–Crippen MR) is 131 cm³/mol. The van der Waals surface area contributed by atoms with Gasteiger partial charge >= 0.3 is 5.97 Å². The fraction of sp³-hybridized carbons (Fsp3) is 0.536. The SMILES string of the molecule is COC1=CC([C@@H]2c3cc4c(cc3[C@H](O[C@@H]3O[C@@H]5CO[C@H](C)O[C@H]5[C@H](O)[C@H]3O)[C@@H]3COC(=O)[C@H]32)OCO4)=CC(=O)C1=O. The molecule has 0 radical (unpaired) electrons. The summed E-state index contributed by atoms with van der Waals surface area (Å²) in [4.78, 5) is 38.2. The van der Waals surface area contributed by atoms with Gasteiger partial charge in [-0.25, -0.2) is 0 Å². The quantitative estimate of drug-likeness (QED) is 0.285. The number of rotatable bonds is 4. The number of fused-ring (bicyclic) bond motifs is 4. The van der Waals surface area contributed by atoms with Gasteiger partial charge in [-0.05, 0) is 47.9 Å². The Balaban J connectivity index is 1.30. The standard InChI is InChI=1S/C28H28O13/c1-10-35-8-19-26(39-10)23(31)24(32)28(40-19)41-25-13-6-17-16(37-9-38-17)5-12(13)20(21-14(25)7-36-27(21)33)11-3-15(29)22(30)18(4-11)34-2/h3-6,10,14,19-21,23-26,28,31-32H,7-9H2,1-2H3/t10-,14+,19+,20+,21+,23+,24+,25-,26+,28-/m0/s1.